The first-order valence-electron chi connectivity index (χ1n) is 14.0. The van der Waals surface area contributed by atoms with Crippen LogP contribution in [0.2, 0.25) is 0 Å². The van der Waals surface area contributed by atoms with Gasteiger partial charge in [0.1, 0.15) is 5.84 Å². The first kappa shape index (κ1) is 21.6. The van der Waals surface area contributed by atoms with Gasteiger partial charge >= 0.3 is 0 Å². The average molecular weight is 462 g/mol. The molecule has 0 N–H and O–H groups in total. The molecule has 182 valence electrons. The molecule has 5 saturated carbocycles. The molecule has 0 radical (unpaired) electrons. The lowest BCUT2D eigenvalue weighted by molar-refractivity contribution is -0.130. The van der Waals surface area contributed by atoms with Crippen LogP contribution in [-0.4, -0.2) is 54.5 Å². The van der Waals surface area contributed by atoms with E-state index in [2.05, 4.69) is 40.1 Å². The van der Waals surface area contributed by atoms with E-state index in [1.807, 2.05) is 0 Å². The fraction of sp³-hybridized carbons (Fsp3) is 0.724. The quantitative estimate of drug-likeness (QED) is 0.633. The van der Waals surface area contributed by atoms with Gasteiger partial charge in [0.15, 0.2) is 0 Å². The fourth-order valence-electron chi connectivity index (χ4n) is 9.21. The summed E-state index contributed by atoms with van der Waals surface area (Å²) in [5.74, 6) is 3.95. The van der Waals surface area contributed by atoms with E-state index in [1.54, 1.807) is 0 Å². The van der Waals surface area contributed by atoms with Gasteiger partial charge in [-0.15, -0.1) is 0 Å². The zero-order valence-electron chi connectivity index (χ0n) is 20.5. The van der Waals surface area contributed by atoms with E-state index in [0.29, 0.717) is 5.91 Å². The molecular weight excluding hydrogens is 422 g/mol. The number of carbonyl (C=O) groups excluding carboxylic acids is 1. The van der Waals surface area contributed by atoms with Crippen LogP contribution in [0.3, 0.4) is 0 Å². The number of ether oxygens (including phenoxy) is 1. The van der Waals surface area contributed by atoms with Crippen molar-refractivity contribution in [2.45, 2.75) is 82.2 Å². The number of aliphatic imine (C=N–C) groups is 1. The molecule has 5 nitrogen and oxygen atoms in total. The van der Waals surface area contributed by atoms with Gasteiger partial charge < -0.3 is 4.74 Å². The first-order valence-corrected chi connectivity index (χ1v) is 14.0. The summed E-state index contributed by atoms with van der Waals surface area (Å²) in [6.07, 6.45) is 13.5. The largest absolute Gasteiger partial charge is 0.379 e. The summed E-state index contributed by atoms with van der Waals surface area (Å²) in [5, 5.41) is 0. The number of amides is 1. The van der Waals surface area contributed by atoms with Crippen molar-refractivity contribution in [3.05, 3.63) is 30.3 Å². The molecule has 1 aromatic carbocycles. The van der Waals surface area contributed by atoms with Crippen LogP contribution in [0.15, 0.2) is 35.3 Å². The van der Waals surface area contributed by atoms with Gasteiger partial charge in [-0.25, -0.2) is 0 Å². The van der Waals surface area contributed by atoms with Crippen LogP contribution < -0.4 is 4.90 Å². The molecule has 5 heteroatoms. The van der Waals surface area contributed by atoms with Crippen molar-refractivity contribution in [1.82, 2.24) is 4.90 Å². The standard InChI is InChI=1S/C29H39N3O2/c33-27-29(9-5-2-6-10-29)25(31-11-13-34-14-12-31)26(32(27)24-7-3-1-4-8-24)30-28-18-21-15-22(19-28)17-23(16-21)20-28/h1,3-4,7-8,21-23,25H,2,5-6,9-20H2. The van der Waals surface area contributed by atoms with E-state index in [9.17, 15) is 4.79 Å². The highest BCUT2D eigenvalue weighted by Crippen LogP contribution is 2.58. The maximum Gasteiger partial charge on any atom is 0.240 e. The van der Waals surface area contributed by atoms with Crippen LogP contribution >= 0.6 is 0 Å². The van der Waals surface area contributed by atoms with Crippen molar-refractivity contribution in [3.8, 4) is 0 Å². The molecule has 34 heavy (non-hydrogen) atoms. The van der Waals surface area contributed by atoms with Crippen molar-refractivity contribution >= 4 is 17.4 Å². The Hall–Kier alpha value is -1.72. The zero-order chi connectivity index (χ0) is 22.8. The number of rotatable bonds is 3. The lowest BCUT2D eigenvalue weighted by Crippen LogP contribution is -2.56. The van der Waals surface area contributed by atoms with Crippen LogP contribution in [0.4, 0.5) is 5.69 Å². The highest BCUT2D eigenvalue weighted by Gasteiger charge is 2.61. The number of amidine groups is 1. The number of hydrogen-bond donors (Lipinski definition) is 0. The summed E-state index contributed by atoms with van der Waals surface area (Å²) in [6.45, 7) is 3.33. The predicted molar refractivity (Wildman–Crippen MR) is 134 cm³/mol. The van der Waals surface area contributed by atoms with Gasteiger partial charge in [0.2, 0.25) is 5.91 Å². The fourth-order valence-corrected chi connectivity index (χ4v) is 9.21. The zero-order valence-corrected chi connectivity index (χ0v) is 20.5. The van der Waals surface area contributed by atoms with Gasteiger partial charge in [-0.2, -0.15) is 0 Å². The number of carbonyl (C=O) groups is 1. The minimum absolute atomic E-state index is 0.0577. The minimum Gasteiger partial charge on any atom is -0.379 e. The highest BCUT2D eigenvalue weighted by atomic mass is 16.5. The number of hydrogen-bond acceptors (Lipinski definition) is 4. The summed E-state index contributed by atoms with van der Waals surface area (Å²) in [6, 6.07) is 10.5. The molecule has 0 aromatic heterocycles. The molecule has 1 aromatic rings. The van der Waals surface area contributed by atoms with E-state index in [-0.39, 0.29) is 17.0 Å². The third-order valence-electron chi connectivity index (χ3n) is 10.2. The Morgan fingerprint density at radius 2 is 1.47 bits per heavy atom. The van der Waals surface area contributed by atoms with Gasteiger partial charge in [-0.1, -0.05) is 37.5 Å². The molecule has 1 amide bonds. The number of morpholine rings is 1. The van der Waals surface area contributed by atoms with Crippen LogP contribution in [0.1, 0.15) is 70.6 Å². The van der Waals surface area contributed by atoms with E-state index in [0.717, 1.165) is 81.3 Å². The summed E-state index contributed by atoms with van der Waals surface area (Å²) < 4.78 is 5.76. The Morgan fingerprint density at radius 1 is 0.853 bits per heavy atom. The lowest BCUT2D eigenvalue weighted by atomic mass is 9.53. The molecule has 2 aliphatic heterocycles. The third kappa shape index (κ3) is 3.33. The van der Waals surface area contributed by atoms with Crippen molar-refractivity contribution in [3.63, 3.8) is 0 Å². The molecular formula is C29H39N3O2. The van der Waals surface area contributed by atoms with Gasteiger partial charge in [-0.05, 0) is 81.3 Å². The molecule has 8 rings (SSSR count). The molecule has 1 unspecified atom stereocenters. The van der Waals surface area contributed by atoms with Crippen LogP contribution in [0.5, 0.6) is 0 Å². The maximum atomic E-state index is 14.5. The van der Waals surface area contributed by atoms with Crippen LogP contribution in [0.25, 0.3) is 0 Å². The number of benzene rings is 1. The second-order valence-corrected chi connectivity index (χ2v) is 12.4. The topological polar surface area (TPSA) is 45.1 Å². The number of anilines is 1. The van der Waals surface area contributed by atoms with Gasteiger partial charge in [0.25, 0.3) is 0 Å². The van der Waals surface area contributed by atoms with Crippen molar-refractivity contribution in [2.24, 2.45) is 28.2 Å². The van der Waals surface area contributed by atoms with Gasteiger partial charge in [0, 0.05) is 13.1 Å². The molecule has 4 bridgehead atoms. The molecule has 2 heterocycles. The summed E-state index contributed by atoms with van der Waals surface area (Å²) in [7, 11) is 0. The molecule has 1 atom stereocenters. The highest BCUT2D eigenvalue weighted by molar-refractivity contribution is 6.27. The second-order valence-electron chi connectivity index (χ2n) is 12.4. The Bertz CT molecular complexity index is 926. The third-order valence-corrected chi connectivity index (χ3v) is 10.2. The molecule has 7 aliphatic rings. The Kier molecular flexibility index (Phi) is 5.17. The maximum absolute atomic E-state index is 14.5. The van der Waals surface area contributed by atoms with Crippen LogP contribution in [-0.2, 0) is 9.53 Å². The number of nitrogens with zero attached hydrogens (tertiary/aromatic N) is 3. The minimum atomic E-state index is -0.327. The smallest absolute Gasteiger partial charge is 0.240 e. The normalized spacial score (nSPS) is 40.5. The Balaban J connectivity index is 1.38. The van der Waals surface area contributed by atoms with Crippen molar-refractivity contribution in [1.29, 1.82) is 0 Å². The molecule has 5 aliphatic carbocycles. The number of para-hydroxylation sites is 1. The lowest BCUT2D eigenvalue weighted by Gasteiger charge is -2.55. The van der Waals surface area contributed by atoms with E-state index >= 15 is 0 Å². The van der Waals surface area contributed by atoms with Gasteiger partial charge in [-0.3, -0.25) is 19.6 Å². The molecule has 2 saturated heterocycles. The average Bonchev–Trinajstić information content (AvgIpc) is 3.06. The summed E-state index contributed by atoms with van der Waals surface area (Å²) in [4.78, 5) is 25.0. The Morgan fingerprint density at radius 3 is 2.09 bits per heavy atom. The SMILES string of the molecule is O=C1N(c2ccccc2)C(=NC23CC4CC(CC(C4)C2)C3)C(N2CCOCC2)C12CCCCC2. The predicted octanol–water partition coefficient (Wildman–Crippen LogP) is 5.05. The monoisotopic (exact) mass is 461 g/mol. The Labute approximate surface area is 203 Å². The molecule has 1 spiro atoms. The second kappa shape index (κ2) is 8.16. The van der Waals surface area contributed by atoms with Crippen molar-refractivity contribution < 1.29 is 9.53 Å². The van der Waals surface area contributed by atoms with Crippen LogP contribution in [0, 0.1) is 23.2 Å². The van der Waals surface area contributed by atoms with Crippen molar-refractivity contribution in [2.75, 3.05) is 31.2 Å². The van der Waals surface area contributed by atoms with E-state index in [4.69, 9.17) is 9.73 Å². The van der Waals surface area contributed by atoms with E-state index in [1.165, 1.54) is 44.9 Å². The van der Waals surface area contributed by atoms with Gasteiger partial charge in [0.05, 0.1) is 35.9 Å². The van der Waals surface area contributed by atoms with E-state index < -0.39 is 0 Å². The first-order chi connectivity index (χ1) is 16.7. The summed E-state index contributed by atoms with van der Waals surface area (Å²) >= 11 is 0. The molecule has 7 fully saturated rings. The summed E-state index contributed by atoms with van der Waals surface area (Å²) in [5.41, 5.74) is 0.742.